The van der Waals surface area contributed by atoms with Gasteiger partial charge in [0, 0.05) is 11.6 Å². The van der Waals surface area contributed by atoms with Gasteiger partial charge in [-0.3, -0.25) is 4.79 Å². The molecule has 2 aliphatic carbocycles. The number of hydrogen-bond donors (Lipinski definition) is 2. The highest BCUT2D eigenvalue weighted by Crippen LogP contribution is 2.18. The zero-order valence-corrected chi connectivity index (χ0v) is 14.6. The van der Waals surface area contributed by atoms with Gasteiger partial charge in [0.2, 0.25) is 10.0 Å². The van der Waals surface area contributed by atoms with E-state index in [9.17, 15) is 13.2 Å². The molecule has 0 saturated carbocycles. The Bertz CT molecular complexity index is 679. The summed E-state index contributed by atoms with van der Waals surface area (Å²) in [5.41, 5.74) is 0.569. The first kappa shape index (κ1) is 17.7. The highest BCUT2D eigenvalue weighted by atomic mass is 32.2. The Balaban J connectivity index is 1.91. The van der Waals surface area contributed by atoms with Crippen LogP contribution in [0.25, 0.3) is 0 Å². The lowest BCUT2D eigenvalue weighted by molar-refractivity contribution is -0.117. The van der Waals surface area contributed by atoms with Crippen LogP contribution in [0.4, 0.5) is 0 Å². The second-order valence-corrected chi connectivity index (χ2v) is 9.19. The number of nitrogens with one attached hydrogen (secondary N) is 2. The number of hydrogen-bond acceptors (Lipinski definition) is 3. The fourth-order valence-corrected chi connectivity index (χ4v) is 3.12. The number of amides is 1. The summed E-state index contributed by atoms with van der Waals surface area (Å²) in [4.78, 5) is 12.2. The van der Waals surface area contributed by atoms with Crippen LogP contribution in [0, 0.1) is 0 Å². The molecule has 6 heteroatoms. The first-order valence-electron chi connectivity index (χ1n) is 7.73. The molecule has 0 bridgehead atoms. The van der Waals surface area contributed by atoms with Crippen molar-refractivity contribution in [1.29, 1.82) is 0 Å². The lowest BCUT2D eigenvalue weighted by Gasteiger charge is -2.24. The van der Waals surface area contributed by atoms with Gasteiger partial charge in [0.25, 0.3) is 5.91 Å². The summed E-state index contributed by atoms with van der Waals surface area (Å²) < 4.78 is 26.1. The molecule has 0 aliphatic heterocycles. The van der Waals surface area contributed by atoms with Gasteiger partial charge in [0.05, 0.1) is 10.8 Å². The van der Waals surface area contributed by atoms with Crippen molar-refractivity contribution in [1.82, 2.24) is 10.0 Å². The summed E-state index contributed by atoms with van der Waals surface area (Å²) in [6, 6.07) is -0.299. The van der Waals surface area contributed by atoms with E-state index < -0.39 is 14.8 Å². The molecule has 0 fully saturated rings. The predicted molar refractivity (Wildman–Crippen MR) is 92.3 cm³/mol. The summed E-state index contributed by atoms with van der Waals surface area (Å²) >= 11 is 0. The maximum atomic E-state index is 12.2. The summed E-state index contributed by atoms with van der Waals surface area (Å²) in [5.74, 6) is -0.136. The van der Waals surface area contributed by atoms with E-state index in [1.165, 1.54) is 0 Å². The molecule has 2 unspecified atom stereocenters. The van der Waals surface area contributed by atoms with Gasteiger partial charge in [-0.2, -0.15) is 0 Å². The van der Waals surface area contributed by atoms with Crippen molar-refractivity contribution in [3.05, 3.63) is 48.1 Å². The lowest BCUT2D eigenvalue weighted by Crippen LogP contribution is -2.44. The third kappa shape index (κ3) is 4.65. The van der Waals surface area contributed by atoms with Crippen molar-refractivity contribution in [3.8, 4) is 0 Å². The predicted octanol–water partition coefficient (Wildman–Crippen LogP) is 1.96. The van der Waals surface area contributed by atoms with Gasteiger partial charge < -0.3 is 5.32 Å². The Hall–Kier alpha value is -1.66. The number of allylic oxidation sites excluding steroid dienone is 2. The fraction of sp³-hybridized carbons (Fsp3) is 0.471. The van der Waals surface area contributed by atoms with Crippen molar-refractivity contribution in [2.24, 2.45) is 0 Å². The molecule has 2 atom stereocenters. The molecule has 2 aliphatic rings. The molecule has 0 heterocycles. The molecule has 1 amide bonds. The molecule has 5 nitrogen and oxygen atoms in total. The normalized spacial score (nSPS) is 24.4. The lowest BCUT2D eigenvalue weighted by atomic mass is 10.0. The Kier molecular flexibility index (Phi) is 5.26. The van der Waals surface area contributed by atoms with Crippen LogP contribution < -0.4 is 10.0 Å². The highest BCUT2D eigenvalue weighted by molar-refractivity contribution is 7.90. The highest BCUT2D eigenvalue weighted by Gasteiger charge is 2.31. The minimum atomic E-state index is -3.41. The number of carbonyl (C=O) groups excluding carboxylic acids is 1. The maximum absolute atomic E-state index is 12.2. The minimum absolute atomic E-state index is 0.0129. The monoisotopic (exact) mass is 336 g/mol. The molecule has 0 spiro atoms. The van der Waals surface area contributed by atoms with Crippen molar-refractivity contribution in [2.75, 3.05) is 0 Å². The first-order valence-corrected chi connectivity index (χ1v) is 9.22. The number of rotatable bonds is 4. The number of sulfonamides is 1. The van der Waals surface area contributed by atoms with Gasteiger partial charge in [-0.15, -0.1) is 0 Å². The zero-order chi connectivity index (χ0) is 17.1. The van der Waals surface area contributed by atoms with Gasteiger partial charge in [-0.05, 0) is 33.6 Å². The van der Waals surface area contributed by atoms with Crippen LogP contribution in [0.1, 0.15) is 33.6 Å². The largest absolute Gasteiger partial charge is 0.346 e. The van der Waals surface area contributed by atoms with Crippen molar-refractivity contribution in [3.63, 3.8) is 0 Å². The van der Waals surface area contributed by atoms with Crippen LogP contribution in [-0.4, -0.2) is 31.2 Å². The Morgan fingerprint density at radius 1 is 1.13 bits per heavy atom. The van der Waals surface area contributed by atoms with E-state index in [0.717, 1.165) is 6.42 Å². The van der Waals surface area contributed by atoms with Crippen LogP contribution in [-0.2, 0) is 14.8 Å². The fourth-order valence-electron chi connectivity index (χ4n) is 2.19. The molecule has 23 heavy (non-hydrogen) atoms. The van der Waals surface area contributed by atoms with Gasteiger partial charge in [0.15, 0.2) is 0 Å². The SMILES string of the molecule is CC(C)(C)S(=O)(=O)NC1C=CC(C(=O)NC2C=CC=CC2)=CC1. The van der Waals surface area contributed by atoms with Gasteiger partial charge in [0.1, 0.15) is 0 Å². The van der Waals surface area contributed by atoms with Crippen LogP contribution >= 0.6 is 0 Å². The van der Waals surface area contributed by atoms with E-state index in [1.807, 2.05) is 24.3 Å². The van der Waals surface area contributed by atoms with Gasteiger partial charge in [-0.25, -0.2) is 13.1 Å². The van der Waals surface area contributed by atoms with Crippen LogP contribution in [0.2, 0.25) is 0 Å². The summed E-state index contributed by atoms with van der Waals surface area (Å²) in [5, 5.41) is 2.94. The van der Waals surface area contributed by atoms with Crippen molar-refractivity contribution >= 4 is 15.9 Å². The van der Waals surface area contributed by atoms with Crippen molar-refractivity contribution in [2.45, 2.75) is 50.4 Å². The molecule has 0 aromatic rings. The third-order valence-electron chi connectivity index (χ3n) is 3.77. The molecular formula is C17H24N2O3S. The quantitative estimate of drug-likeness (QED) is 0.824. The minimum Gasteiger partial charge on any atom is -0.346 e. The van der Waals surface area contributed by atoms with E-state index in [-0.39, 0.29) is 18.0 Å². The third-order valence-corrected chi connectivity index (χ3v) is 6.00. The summed E-state index contributed by atoms with van der Waals surface area (Å²) in [6.45, 7) is 4.97. The molecule has 2 N–H and O–H groups in total. The second-order valence-electron chi connectivity index (χ2n) is 6.72. The molecule has 2 rings (SSSR count). The maximum Gasteiger partial charge on any atom is 0.251 e. The molecule has 126 valence electrons. The van der Waals surface area contributed by atoms with E-state index in [0.29, 0.717) is 12.0 Å². The van der Waals surface area contributed by atoms with Crippen LogP contribution in [0.15, 0.2) is 48.1 Å². The molecule has 0 aromatic carbocycles. The van der Waals surface area contributed by atoms with E-state index in [2.05, 4.69) is 10.0 Å². The first-order chi connectivity index (χ1) is 10.7. The second kappa shape index (κ2) is 6.84. The zero-order valence-electron chi connectivity index (χ0n) is 13.7. The van der Waals surface area contributed by atoms with Crippen molar-refractivity contribution < 1.29 is 13.2 Å². The smallest absolute Gasteiger partial charge is 0.251 e. The summed E-state index contributed by atoms with van der Waals surface area (Å²) in [6.07, 6.45) is 14.3. The molecular weight excluding hydrogens is 312 g/mol. The average Bonchev–Trinajstić information content (AvgIpc) is 2.47. The standard InChI is InChI=1S/C17H24N2O3S/c1-17(2,3)23(21,22)19-15-11-9-13(10-12-15)16(20)18-14-7-5-4-6-8-14/h4-7,9-11,14-15,19H,8,12H2,1-3H3,(H,18,20). The van der Waals surface area contributed by atoms with E-state index >= 15 is 0 Å². The van der Waals surface area contributed by atoms with E-state index in [4.69, 9.17) is 0 Å². The average molecular weight is 336 g/mol. The molecule has 0 radical (unpaired) electrons. The Morgan fingerprint density at radius 2 is 1.87 bits per heavy atom. The topological polar surface area (TPSA) is 75.3 Å². The van der Waals surface area contributed by atoms with Crippen LogP contribution in [0.3, 0.4) is 0 Å². The van der Waals surface area contributed by atoms with E-state index in [1.54, 1.807) is 39.0 Å². The Labute approximate surface area is 138 Å². The van der Waals surface area contributed by atoms with Gasteiger partial charge in [-0.1, -0.05) is 42.5 Å². The molecule has 0 saturated heterocycles. The summed E-state index contributed by atoms with van der Waals surface area (Å²) in [7, 11) is -3.41. The number of carbonyl (C=O) groups is 1. The van der Waals surface area contributed by atoms with Crippen LogP contribution in [0.5, 0.6) is 0 Å². The van der Waals surface area contributed by atoms with Gasteiger partial charge >= 0.3 is 0 Å². The molecule has 0 aromatic heterocycles. The Morgan fingerprint density at radius 3 is 2.39 bits per heavy atom.